The molecule has 0 spiro atoms. The standard InChI is InChI=1S/C18H23N5O2/c1-20-7-2-5-15(20)18(25)22-9-4-10-23-13-19-14(16(23)12-22)11-21-8-3-6-17(21)24/h2,5,7,13H,3-4,6,8-12H2,1H3. The lowest BCUT2D eigenvalue weighted by molar-refractivity contribution is -0.128. The van der Waals surface area contributed by atoms with Crippen LogP contribution in [0.15, 0.2) is 24.7 Å². The average Bonchev–Trinajstić information content (AvgIpc) is 3.26. The van der Waals surface area contributed by atoms with Gasteiger partial charge >= 0.3 is 0 Å². The number of hydrogen-bond donors (Lipinski definition) is 0. The van der Waals surface area contributed by atoms with Gasteiger partial charge in [0.05, 0.1) is 30.8 Å². The maximum Gasteiger partial charge on any atom is 0.270 e. The fourth-order valence-electron chi connectivity index (χ4n) is 3.72. The number of amides is 2. The van der Waals surface area contributed by atoms with Crippen LogP contribution < -0.4 is 0 Å². The average molecular weight is 341 g/mol. The van der Waals surface area contributed by atoms with Crippen LogP contribution in [0.4, 0.5) is 0 Å². The first-order valence-corrected chi connectivity index (χ1v) is 8.85. The number of imidazole rings is 1. The summed E-state index contributed by atoms with van der Waals surface area (Å²) in [6.07, 6.45) is 6.20. The predicted molar refractivity (Wildman–Crippen MR) is 91.6 cm³/mol. The Morgan fingerprint density at radius 2 is 2.12 bits per heavy atom. The van der Waals surface area contributed by atoms with E-state index in [-0.39, 0.29) is 11.8 Å². The second-order valence-corrected chi connectivity index (χ2v) is 6.83. The van der Waals surface area contributed by atoms with Crippen LogP contribution in [-0.4, -0.2) is 48.8 Å². The van der Waals surface area contributed by atoms with E-state index in [1.807, 2.05) is 46.1 Å². The Balaban J connectivity index is 1.57. The van der Waals surface area contributed by atoms with Crippen molar-refractivity contribution in [2.24, 2.45) is 7.05 Å². The molecule has 2 aliphatic heterocycles. The molecule has 1 fully saturated rings. The summed E-state index contributed by atoms with van der Waals surface area (Å²) >= 11 is 0. The summed E-state index contributed by atoms with van der Waals surface area (Å²) in [6.45, 7) is 3.48. The summed E-state index contributed by atoms with van der Waals surface area (Å²) in [5.74, 6) is 0.248. The molecule has 2 aliphatic rings. The molecular weight excluding hydrogens is 318 g/mol. The first kappa shape index (κ1) is 15.9. The summed E-state index contributed by atoms with van der Waals surface area (Å²) in [4.78, 5) is 33.1. The molecule has 0 saturated carbocycles. The third-order valence-corrected chi connectivity index (χ3v) is 5.16. The number of hydrogen-bond acceptors (Lipinski definition) is 3. The zero-order valence-corrected chi connectivity index (χ0v) is 14.5. The number of aryl methyl sites for hydroxylation is 2. The Labute approximate surface area is 146 Å². The van der Waals surface area contributed by atoms with Gasteiger partial charge < -0.3 is 18.9 Å². The number of carbonyl (C=O) groups is 2. The molecule has 4 rings (SSSR count). The molecule has 2 amide bonds. The molecular formula is C18H23N5O2. The molecule has 0 aromatic carbocycles. The van der Waals surface area contributed by atoms with Gasteiger partial charge in [0, 0.05) is 39.3 Å². The lowest BCUT2D eigenvalue weighted by Gasteiger charge is -2.22. The van der Waals surface area contributed by atoms with Crippen molar-refractivity contribution in [1.82, 2.24) is 23.9 Å². The van der Waals surface area contributed by atoms with E-state index in [1.54, 1.807) is 0 Å². The largest absolute Gasteiger partial charge is 0.347 e. The molecule has 132 valence electrons. The smallest absolute Gasteiger partial charge is 0.270 e. The van der Waals surface area contributed by atoms with Crippen LogP contribution in [-0.2, 0) is 31.5 Å². The van der Waals surface area contributed by atoms with Crippen LogP contribution in [0.3, 0.4) is 0 Å². The van der Waals surface area contributed by atoms with Gasteiger partial charge in [-0.25, -0.2) is 4.98 Å². The highest BCUT2D eigenvalue weighted by molar-refractivity contribution is 5.92. The summed E-state index contributed by atoms with van der Waals surface area (Å²) < 4.78 is 3.99. The minimum atomic E-state index is 0.0466. The minimum absolute atomic E-state index is 0.0466. The van der Waals surface area contributed by atoms with E-state index >= 15 is 0 Å². The van der Waals surface area contributed by atoms with Crippen LogP contribution in [0, 0.1) is 0 Å². The third kappa shape index (κ3) is 2.94. The van der Waals surface area contributed by atoms with Gasteiger partial charge in [-0.2, -0.15) is 0 Å². The zero-order chi connectivity index (χ0) is 17.4. The van der Waals surface area contributed by atoms with Crippen LogP contribution in [0.25, 0.3) is 0 Å². The highest BCUT2D eigenvalue weighted by Crippen LogP contribution is 2.21. The van der Waals surface area contributed by atoms with Gasteiger partial charge in [-0.15, -0.1) is 0 Å². The molecule has 2 aromatic heterocycles. The Hall–Kier alpha value is -2.57. The molecule has 4 heterocycles. The highest BCUT2D eigenvalue weighted by Gasteiger charge is 2.27. The summed E-state index contributed by atoms with van der Waals surface area (Å²) in [7, 11) is 1.89. The van der Waals surface area contributed by atoms with Crippen molar-refractivity contribution in [2.45, 2.75) is 38.9 Å². The van der Waals surface area contributed by atoms with Crippen molar-refractivity contribution in [3.8, 4) is 0 Å². The molecule has 7 heteroatoms. The predicted octanol–water partition coefficient (Wildman–Crippen LogP) is 1.39. The number of carbonyl (C=O) groups excluding carboxylic acids is 2. The van der Waals surface area contributed by atoms with E-state index in [9.17, 15) is 9.59 Å². The van der Waals surface area contributed by atoms with Crippen molar-refractivity contribution in [3.05, 3.63) is 41.7 Å². The Morgan fingerprint density at radius 3 is 2.84 bits per heavy atom. The monoisotopic (exact) mass is 341 g/mol. The van der Waals surface area contributed by atoms with E-state index in [2.05, 4.69) is 9.55 Å². The molecule has 7 nitrogen and oxygen atoms in total. The number of likely N-dealkylation sites (tertiary alicyclic amines) is 1. The normalized spacial score (nSPS) is 17.7. The quantitative estimate of drug-likeness (QED) is 0.847. The van der Waals surface area contributed by atoms with Gasteiger partial charge in [-0.05, 0) is 25.0 Å². The summed E-state index contributed by atoms with van der Waals surface area (Å²) in [5.41, 5.74) is 2.67. The van der Waals surface area contributed by atoms with E-state index in [0.29, 0.717) is 25.2 Å². The fraction of sp³-hybridized carbons (Fsp3) is 0.500. The van der Waals surface area contributed by atoms with Crippen LogP contribution in [0.2, 0.25) is 0 Å². The highest BCUT2D eigenvalue weighted by atomic mass is 16.2. The molecule has 0 radical (unpaired) electrons. The molecule has 1 saturated heterocycles. The topological polar surface area (TPSA) is 63.4 Å². The maximum atomic E-state index is 12.9. The van der Waals surface area contributed by atoms with Gasteiger partial charge in [-0.3, -0.25) is 9.59 Å². The molecule has 0 unspecified atom stereocenters. The molecule has 2 aromatic rings. The van der Waals surface area contributed by atoms with E-state index < -0.39 is 0 Å². The zero-order valence-electron chi connectivity index (χ0n) is 14.5. The van der Waals surface area contributed by atoms with Crippen LogP contribution in [0.5, 0.6) is 0 Å². The summed E-state index contributed by atoms with van der Waals surface area (Å²) in [5, 5.41) is 0. The van der Waals surface area contributed by atoms with Gasteiger partial charge in [-0.1, -0.05) is 0 Å². The SMILES string of the molecule is Cn1cccc1C(=O)N1CCCn2cnc(CN3CCCC3=O)c2C1. The Bertz CT molecular complexity index is 806. The number of rotatable bonds is 3. The second kappa shape index (κ2) is 6.38. The van der Waals surface area contributed by atoms with Crippen molar-refractivity contribution in [3.63, 3.8) is 0 Å². The lowest BCUT2D eigenvalue weighted by Crippen LogP contribution is -2.32. The number of nitrogens with zero attached hydrogens (tertiary/aromatic N) is 5. The summed E-state index contributed by atoms with van der Waals surface area (Å²) in [6, 6.07) is 3.74. The van der Waals surface area contributed by atoms with E-state index in [4.69, 9.17) is 0 Å². The first-order chi connectivity index (χ1) is 12.1. The van der Waals surface area contributed by atoms with Gasteiger partial charge in [0.15, 0.2) is 0 Å². The third-order valence-electron chi connectivity index (χ3n) is 5.16. The van der Waals surface area contributed by atoms with Gasteiger partial charge in [0.2, 0.25) is 5.91 Å². The fourth-order valence-corrected chi connectivity index (χ4v) is 3.72. The van der Waals surface area contributed by atoms with Gasteiger partial charge in [0.25, 0.3) is 5.91 Å². The van der Waals surface area contributed by atoms with Crippen molar-refractivity contribution < 1.29 is 9.59 Å². The lowest BCUT2D eigenvalue weighted by atomic mass is 10.2. The van der Waals surface area contributed by atoms with Crippen molar-refractivity contribution >= 4 is 11.8 Å². The van der Waals surface area contributed by atoms with Crippen LogP contribution >= 0.6 is 0 Å². The maximum absolute atomic E-state index is 12.9. The Kier molecular flexibility index (Phi) is 4.07. The number of fused-ring (bicyclic) bond motifs is 1. The molecule has 25 heavy (non-hydrogen) atoms. The van der Waals surface area contributed by atoms with E-state index in [1.165, 1.54) is 0 Å². The second-order valence-electron chi connectivity index (χ2n) is 6.83. The van der Waals surface area contributed by atoms with Crippen molar-refractivity contribution in [1.29, 1.82) is 0 Å². The molecule has 0 aliphatic carbocycles. The molecule has 0 atom stereocenters. The number of aromatic nitrogens is 3. The molecule has 0 bridgehead atoms. The van der Waals surface area contributed by atoms with E-state index in [0.717, 1.165) is 43.9 Å². The first-order valence-electron chi connectivity index (χ1n) is 8.85. The van der Waals surface area contributed by atoms with Crippen molar-refractivity contribution in [2.75, 3.05) is 13.1 Å². The van der Waals surface area contributed by atoms with Gasteiger partial charge in [0.1, 0.15) is 5.69 Å². The molecule has 0 N–H and O–H groups in total. The Morgan fingerprint density at radius 1 is 1.24 bits per heavy atom. The minimum Gasteiger partial charge on any atom is -0.347 e. The van der Waals surface area contributed by atoms with Crippen LogP contribution in [0.1, 0.15) is 41.1 Å².